The Labute approximate surface area is 90.5 Å². The zero-order chi connectivity index (χ0) is 10.5. The third-order valence-electron chi connectivity index (χ3n) is 2.39. The summed E-state index contributed by atoms with van der Waals surface area (Å²) in [6.45, 7) is 2.14. The third-order valence-corrected chi connectivity index (χ3v) is 2.39. The molecular weight excluding hydrogens is 182 g/mol. The van der Waals surface area contributed by atoms with Crippen molar-refractivity contribution in [2.75, 3.05) is 0 Å². The summed E-state index contributed by atoms with van der Waals surface area (Å²) < 4.78 is 0. The van der Waals surface area contributed by atoms with Gasteiger partial charge in [0.1, 0.15) is 0 Å². The predicted molar refractivity (Wildman–Crippen MR) is 65.6 cm³/mol. The molecule has 0 fully saturated rings. The average Bonchev–Trinajstić information content (AvgIpc) is 2.80. The fourth-order valence-electron chi connectivity index (χ4n) is 1.54. The van der Waals surface area contributed by atoms with Gasteiger partial charge < -0.3 is 4.98 Å². The minimum Gasteiger partial charge on any atom is -0.367 e. The van der Waals surface area contributed by atoms with Gasteiger partial charge in [-0.2, -0.15) is 0 Å². The molecule has 1 aromatic carbocycles. The van der Waals surface area contributed by atoms with E-state index in [9.17, 15) is 0 Å². The summed E-state index contributed by atoms with van der Waals surface area (Å²) in [6.07, 6.45) is 9.36. The molecule has 0 saturated carbocycles. The number of rotatable bonds is 3. The first kappa shape index (κ1) is 9.78. The van der Waals surface area contributed by atoms with E-state index in [4.69, 9.17) is 0 Å². The van der Waals surface area contributed by atoms with Gasteiger partial charge in [0, 0.05) is 12.4 Å². The standard InChI is InChI=1S/C14H15N/c1-2-3-4-12-5-7-13(8-6-12)14-9-10-15-11-14/h3-11,15H,2H2,1H3. The Kier molecular flexibility index (Phi) is 3.03. The lowest BCUT2D eigenvalue weighted by molar-refractivity contribution is 1.23. The van der Waals surface area contributed by atoms with Crippen molar-refractivity contribution in [3.8, 4) is 11.1 Å². The molecular formula is C14H15N. The number of nitrogens with one attached hydrogen (secondary N) is 1. The van der Waals surface area contributed by atoms with Crippen LogP contribution in [-0.2, 0) is 0 Å². The van der Waals surface area contributed by atoms with Gasteiger partial charge in [-0.15, -0.1) is 0 Å². The molecule has 1 heterocycles. The molecule has 1 N–H and O–H groups in total. The Morgan fingerprint density at radius 1 is 1.07 bits per heavy atom. The quantitative estimate of drug-likeness (QED) is 0.762. The molecule has 15 heavy (non-hydrogen) atoms. The molecule has 0 atom stereocenters. The monoisotopic (exact) mass is 197 g/mol. The topological polar surface area (TPSA) is 15.8 Å². The largest absolute Gasteiger partial charge is 0.367 e. The minimum absolute atomic E-state index is 1.08. The number of allylic oxidation sites excluding steroid dienone is 1. The molecule has 0 unspecified atom stereocenters. The van der Waals surface area contributed by atoms with Gasteiger partial charge in [0.15, 0.2) is 0 Å². The van der Waals surface area contributed by atoms with Gasteiger partial charge in [-0.25, -0.2) is 0 Å². The summed E-state index contributed by atoms with van der Waals surface area (Å²) in [6, 6.07) is 10.7. The first-order valence-corrected chi connectivity index (χ1v) is 5.30. The second-order valence-corrected chi connectivity index (χ2v) is 3.53. The van der Waals surface area contributed by atoms with Crippen molar-refractivity contribution in [1.82, 2.24) is 4.98 Å². The van der Waals surface area contributed by atoms with E-state index in [1.54, 1.807) is 0 Å². The van der Waals surface area contributed by atoms with Crippen molar-refractivity contribution in [2.24, 2.45) is 0 Å². The van der Waals surface area contributed by atoms with Crippen LogP contribution in [0, 0.1) is 0 Å². The molecule has 1 heteroatoms. The van der Waals surface area contributed by atoms with E-state index >= 15 is 0 Å². The Morgan fingerprint density at radius 2 is 1.87 bits per heavy atom. The molecule has 2 rings (SSSR count). The number of aromatic nitrogens is 1. The van der Waals surface area contributed by atoms with Gasteiger partial charge in [-0.05, 0) is 29.2 Å². The highest BCUT2D eigenvalue weighted by atomic mass is 14.6. The molecule has 0 aliphatic rings. The fraction of sp³-hybridized carbons (Fsp3) is 0.143. The van der Waals surface area contributed by atoms with Gasteiger partial charge in [0.25, 0.3) is 0 Å². The Hall–Kier alpha value is -1.76. The number of hydrogen-bond acceptors (Lipinski definition) is 0. The normalized spacial score (nSPS) is 11.0. The van der Waals surface area contributed by atoms with E-state index in [1.807, 2.05) is 12.4 Å². The van der Waals surface area contributed by atoms with Crippen LogP contribution in [0.4, 0.5) is 0 Å². The summed E-state index contributed by atoms with van der Waals surface area (Å²) in [5, 5.41) is 0. The molecule has 0 bridgehead atoms. The molecule has 0 aliphatic carbocycles. The summed E-state index contributed by atoms with van der Waals surface area (Å²) >= 11 is 0. The SMILES string of the molecule is CCC=Cc1ccc(-c2cc[nH]c2)cc1. The number of H-pyrrole nitrogens is 1. The zero-order valence-electron chi connectivity index (χ0n) is 8.90. The summed E-state index contributed by atoms with van der Waals surface area (Å²) in [5.74, 6) is 0. The summed E-state index contributed by atoms with van der Waals surface area (Å²) in [5.41, 5.74) is 3.75. The molecule has 76 valence electrons. The van der Waals surface area contributed by atoms with Crippen LogP contribution in [0.25, 0.3) is 17.2 Å². The lowest BCUT2D eigenvalue weighted by Crippen LogP contribution is -1.75. The first-order valence-electron chi connectivity index (χ1n) is 5.30. The van der Waals surface area contributed by atoms with Crippen LogP contribution in [0.2, 0.25) is 0 Å². The highest BCUT2D eigenvalue weighted by Gasteiger charge is 1.95. The van der Waals surface area contributed by atoms with Crippen molar-refractivity contribution >= 4 is 6.08 Å². The van der Waals surface area contributed by atoms with Gasteiger partial charge in [-0.1, -0.05) is 43.3 Å². The van der Waals surface area contributed by atoms with Crippen molar-refractivity contribution < 1.29 is 0 Å². The van der Waals surface area contributed by atoms with E-state index < -0.39 is 0 Å². The molecule has 0 aliphatic heterocycles. The highest BCUT2D eigenvalue weighted by molar-refractivity contribution is 5.64. The van der Waals surface area contributed by atoms with E-state index in [-0.39, 0.29) is 0 Å². The lowest BCUT2D eigenvalue weighted by Gasteiger charge is -1.98. The molecule has 2 aromatic rings. The van der Waals surface area contributed by atoms with Crippen LogP contribution >= 0.6 is 0 Å². The maximum absolute atomic E-state index is 3.06. The van der Waals surface area contributed by atoms with Crippen LogP contribution in [0.3, 0.4) is 0 Å². The second-order valence-electron chi connectivity index (χ2n) is 3.53. The minimum atomic E-state index is 1.08. The highest BCUT2D eigenvalue weighted by Crippen LogP contribution is 2.19. The second kappa shape index (κ2) is 4.65. The maximum atomic E-state index is 3.06. The number of aromatic amines is 1. The third kappa shape index (κ3) is 2.38. The van der Waals surface area contributed by atoms with Gasteiger partial charge in [0.05, 0.1) is 0 Å². The van der Waals surface area contributed by atoms with Crippen molar-refractivity contribution in [3.63, 3.8) is 0 Å². The van der Waals surface area contributed by atoms with E-state index in [0.29, 0.717) is 0 Å². The lowest BCUT2D eigenvalue weighted by atomic mass is 10.1. The van der Waals surface area contributed by atoms with Gasteiger partial charge in [-0.3, -0.25) is 0 Å². The smallest absolute Gasteiger partial charge is 0.00841 e. The molecule has 0 amide bonds. The zero-order valence-corrected chi connectivity index (χ0v) is 8.90. The van der Waals surface area contributed by atoms with Crippen molar-refractivity contribution in [2.45, 2.75) is 13.3 Å². The van der Waals surface area contributed by atoms with Crippen LogP contribution in [0.1, 0.15) is 18.9 Å². The molecule has 1 nitrogen and oxygen atoms in total. The van der Waals surface area contributed by atoms with E-state index in [1.165, 1.54) is 16.7 Å². The summed E-state index contributed by atoms with van der Waals surface area (Å²) in [4.78, 5) is 3.06. The maximum Gasteiger partial charge on any atom is 0.00841 e. The van der Waals surface area contributed by atoms with Crippen LogP contribution in [-0.4, -0.2) is 4.98 Å². The molecule has 0 saturated heterocycles. The van der Waals surface area contributed by atoms with Crippen molar-refractivity contribution in [1.29, 1.82) is 0 Å². The molecule has 0 radical (unpaired) electrons. The van der Waals surface area contributed by atoms with Gasteiger partial charge in [0.2, 0.25) is 0 Å². The number of hydrogen-bond donors (Lipinski definition) is 1. The summed E-state index contributed by atoms with van der Waals surface area (Å²) in [7, 11) is 0. The Balaban J connectivity index is 2.21. The first-order chi connectivity index (χ1) is 7.40. The average molecular weight is 197 g/mol. The van der Waals surface area contributed by atoms with E-state index in [2.05, 4.69) is 54.4 Å². The fourth-order valence-corrected chi connectivity index (χ4v) is 1.54. The van der Waals surface area contributed by atoms with Crippen LogP contribution in [0.5, 0.6) is 0 Å². The Morgan fingerprint density at radius 3 is 2.47 bits per heavy atom. The number of benzene rings is 1. The Bertz CT molecular complexity index is 421. The van der Waals surface area contributed by atoms with Gasteiger partial charge >= 0.3 is 0 Å². The van der Waals surface area contributed by atoms with E-state index in [0.717, 1.165) is 6.42 Å². The van der Waals surface area contributed by atoms with Crippen molar-refractivity contribution in [3.05, 3.63) is 54.4 Å². The molecule has 1 aromatic heterocycles. The van der Waals surface area contributed by atoms with Crippen LogP contribution < -0.4 is 0 Å². The van der Waals surface area contributed by atoms with Crippen LogP contribution in [0.15, 0.2) is 48.8 Å². The molecule has 0 spiro atoms. The predicted octanol–water partition coefficient (Wildman–Crippen LogP) is 4.10.